The molecule has 0 amide bonds. The Morgan fingerprint density at radius 2 is 2.07 bits per heavy atom. The van der Waals surface area contributed by atoms with E-state index in [2.05, 4.69) is 19.6 Å². The van der Waals surface area contributed by atoms with Crippen molar-refractivity contribution in [3.05, 3.63) is 47.6 Å². The van der Waals surface area contributed by atoms with Crippen molar-refractivity contribution >= 4 is 22.6 Å². The maximum atomic E-state index is 5.75. The predicted octanol–water partition coefficient (Wildman–Crippen LogP) is 2.59. The average Bonchev–Trinajstić information content (AvgIpc) is 2.66. The lowest BCUT2D eigenvalue weighted by Crippen LogP contribution is -2.21. The second kappa shape index (κ2) is 3.77. The van der Waals surface area contributed by atoms with Crippen LogP contribution in [-0.2, 0) is 0 Å². The van der Waals surface area contributed by atoms with Crippen molar-refractivity contribution < 1.29 is 4.42 Å². The molecule has 76 valence electrons. The third kappa shape index (κ3) is 1.50. The molecule has 0 bridgehead atoms. The van der Waals surface area contributed by atoms with Gasteiger partial charge < -0.3 is 4.42 Å². The average molecular weight is 198 g/mol. The van der Waals surface area contributed by atoms with Gasteiger partial charge in [0.25, 0.3) is 0 Å². The van der Waals surface area contributed by atoms with E-state index in [1.807, 2.05) is 37.3 Å². The Balaban J connectivity index is 3.12. The van der Waals surface area contributed by atoms with Gasteiger partial charge in [0.15, 0.2) is 0 Å². The van der Waals surface area contributed by atoms with Crippen LogP contribution in [0.3, 0.4) is 0 Å². The van der Waals surface area contributed by atoms with E-state index in [0.717, 1.165) is 27.2 Å². The molecule has 2 aromatic rings. The Labute approximate surface area is 89.0 Å². The molecule has 0 atom stereocenters. The van der Waals surface area contributed by atoms with Gasteiger partial charge in [-0.05, 0) is 31.6 Å². The third-order valence-corrected chi connectivity index (χ3v) is 2.59. The molecular weight excluding hydrogens is 184 g/mol. The molecule has 0 unspecified atom stereocenters. The first-order valence-electron chi connectivity index (χ1n) is 5.05. The summed E-state index contributed by atoms with van der Waals surface area (Å²) in [6.07, 6.45) is 3.85. The molecule has 0 spiro atoms. The number of allylic oxidation sites excluding steroid dienone is 1. The van der Waals surface area contributed by atoms with Crippen LogP contribution in [-0.4, -0.2) is 0 Å². The van der Waals surface area contributed by atoms with Crippen LogP contribution in [0.2, 0.25) is 0 Å². The molecule has 0 aliphatic carbocycles. The summed E-state index contributed by atoms with van der Waals surface area (Å²) >= 11 is 0. The van der Waals surface area contributed by atoms with E-state index in [4.69, 9.17) is 4.42 Å². The van der Waals surface area contributed by atoms with E-state index in [9.17, 15) is 0 Å². The van der Waals surface area contributed by atoms with Crippen molar-refractivity contribution in [2.75, 3.05) is 0 Å². The smallest absolute Gasteiger partial charge is 0.135 e. The Bertz CT molecular complexity index is 614. The Hall–Kier alpha value is -1.76. The van der Waals surface area contributed by atoms with E-state index >= 15 is 0 Å². The van der Waals surface area contributed by atoms with Gasteiger partial charge in [-0.25, -0.2) is 0 Å². The number of hydrogen-bond donors (Lipinski definition) is 0. The summed E-state index contributed by atoms with van der Waals surface area (Å²) in [6.45, 7) is 7.84. The van der Waals surface area contributed by atoms with Crippen molar-refractivity contribution in [2.24, 2.45) is 0 Å². The predicted molar refractivity (Wildman–Crippen MR) is 64.9 cm³/mol. The zero-order valence-electron chi connectivity index (χ0n) is 9.08. The molecule has 0 saturated heterocycles. The molecule has 1 heteroatoms. The van der Waals surface area contributed by atoms with Gasteiger partial charge in [0, 0.05) is 10.6 Å². The minimum atomic E-state index is 0.925. The van der Waals surface area contributed by atoms with Crippen molar-refractivity contribution in [1.82, 2.24) is 0 Å². The van der Waals surface area contributed by atoms with Crippen LogP contribution in [0.25, 0.3) is 22.6 Å². The number of rotatable bonds is 1. The molecule has 0 aliphatic rings. The lowest BCUT2D eigenvalue weighted by molar-refractivity contribution is 0.574. The number of para-hydroxylation sites is 1. The lowest BCUT2D eigenvalue weighted by atomic mass is 10.1. The number of fused-ring (bicyclic) bond motifs is 1. The van der Waals surface area contributed by atoms with Crippen molar-refractivity contribution in [2.45, 2.75) is 13.8 Å². The summed E-state index contributed by atoms with van der Waals surface area (Å²) in [5, 5.41) is 2.31. The SMILES string of the molecule is C=C/C(C)=c1/c(=C\C)oc2ccccc12. The van der Waals surface area contributed by atoms with Crippen molar-refractivity contribution in [1.29, 1.82) is 0 Å². The van der Waals surface area contributed by atoms with Crippen LogP contribution in [0.15, 0.2) is 41.3 Å². The fourth-order valence-corrected chi connectivity index (χ4v) is 1.78. The van der Waals surface area contributed by atoms with E-state index in [-0.39, 0.29) is 0 Å². The van der Waals surface area contributed by atoms with Crippen LogP contribution in [0, 0.1) is 0 Å². The monoisotopic (exact) mass is 198 g/mol. The van der Waals surface area contributed by atoms with Crippen molar-refractivity contribution in [3.63, 3.8) is 0 Å². The Morgan fingerprint density at radius 3 is 2.73 bits per heavy atom. The topological polar surface area (TPSA) is 13.1 Å². The van der Waals surface area contributed by atoms with Gasteiger partial charge in [0.05, 0.1) is 0 Å². The molecule has 0 N–H and O–H groups in total. The number of benzene rings is 1. The summed E-state index contributed by atoms with van der Waals surface area (Å²) in [4.78, 5) is 0. The normalized spacial score (nSPS) is 14.4. The minimum absolute atomic E-state index is 0.925. The first-order valence-corrected chi connectivity index (χ1v) is 5.05. The third-order valence-electron chi connectivity index (χ3n) is 2.59. The van der Waals surface area contributed by atoms with Crippen LogP contribution in [0.5, 0.6) is 0 Å². The summed E-state index contributed by atoms with van der Waals surface area (Å²) in [7, 11) is 0. The fourth-order valence-electron chi connectivity index (χ4n) is 1.78. The molecular formula is C14H14O. The fraction of sp³-hybridized carbons (Fsp3) is 0.143. The summed E-state index contributed by atoms with van der Waals surface area (Å²) in [5.41, 5.74) is 3.00. The van der Waals surface area contributed by atoms with E-state index in [0.29, 0.717) is 0 Å². The molecule has 0 fully saturated rings. The number of hydrogen-bond acceptors (Lipinski definition) is 1. The maximum Gasteiger partial charge on any atom is 0.135 e. The highest BCUT2D eigenvalue weighted by Crippen LogP contribution is 2.08. The number of furan rings is 1. The van der Waals surface area contributed by atoms with Crippen molar-refractivity contribution in [3.8, 4) is 0 Å². The maximum absolute atomic E-state index is 5.75. The first kappa shape index (κ1) is 9.78. The summed E-state index contributed by atoms with van der Waals surface area (Å²) < 4.78 is 5.75. The lowest BCUT2D eigenvalue weighted by Gasteiger charge is -1.88. The molecule has 2 rings (SSSR count). The first-order chi connectivity index (χ1) is 7.27. The van der Waals surface area contributed by atoms with E-state index in [1.54, 1.807) is 0 Å². The zero-order valence-corrected chi connectivity index (χ0v) is 9.08. The molecule has 15 heavy (non-hydrogen) atoms. The second-order valence-electron chi connectivity index (χ2n) is 3.51. The standard InChI is InChI=1S/C14H14O/c1-4-10(3)14-11-8-6-7-9-13(11)15-12(14)5-2/h4-9H,1H2,2-3H3/b12-5+,14-10+. The quantitative estimate of drug-likeness (QED) is 0.686. The van der Waals surface area contributed by atoms with Gasteiger partial charge in [0.1, 0.15) is 11.0 Å². The molecule has 1 nitrogen and oxygen atoms in total. The molecule has 0 radical (unpaired) electrons. The Kier molecular flexibility index (Phi) is 2.46. The van der Waals surface area contributed by atoms with Gasteiger partial charge in [-0.1, -0.05) is 30.9 Å². The molecule has 1 heterocycles. The van der Waals surface area contributed by atoms with Gasteiger partial charge in [0.2, 0.25) is 0 Å². The molecule has 1 aromatic carbocycles. The molecule has 1 aromatic heterocycles. The van der Waals surface area contributed by atoms with Crippen LogP contribution in [0.1, 0.15) is 13.8 Å². The Morgan fingerprint density at radius 1 is 1.33 bits per heavy atom. The van der Waals surface area contributed by atoms with Gasteiger partial charge in [-0.3, -0.25) is 0 Å². The van der Waals surface area contributed by atoms with Crippen LogP contribution < -0.4 is 10.6 Å². The highest BCUT2D eigenvalue weighted by molar-refractivity contribution is 5.81. The van der Waals surface area contributed by atoms with Gasteiger partial charge in [-0.15, -0.1) is 0 Å². The minimum Gasteiger partial charge on any atom is -0.456 e. The van der Waals surface area contributed by atoms with E-state index in [1.165, 1.54) is 0 Å². The summed E-state index contributed by atoms with van der Waals surface area (Å²) in [5.74, 6) is 0. The molecule has 0 aliphatic heterocycles. The largest absolute Gasteiger partial charge is 0.456 e. The second-order valence-corrected chi connectivity index (χ2v) is 3.51. The molecule has 0 saturated carbocycles. The van der Waals surface area contributed by atoms with Crippen LogP contribution in [0.4, 0.5) is 0 Å². The van der Waals surface area contributed by atoms with Crippen LogP contribution >= 0.6 is 0 Å². The van der Waals surface area contributed by atoms with Gasteiger partial charge in [-0.2, -0.15) is 0 Å². The zero-order chi connectivity index (χ0) is 10.8. The van der Waals surface area contributed by atoms with E-state index < -0.39 is 0 Å². The summed E-state index contributed by atoms with van der Waals surface area (Å²) in [6, 6.07) is 8.08. The highest BCUT2D eigenvalue weighted by Gasteiger charge is 2.02. The van der Waals surface area contributed by atoms with Gasteiger partial charge >= 0.3 is 0 Å². The highest BCUT2D eigenvalue weighted by atomic mass is 16.3.